The highest BCUT2D eigenvalue weighted by Gasteiger charge is 2.32. The third-order valence-electron chi connectivity index (χ3n) is 5.35. The number of aliphatic carboxylic acids is 1. The molecule has 0 aliphatic carbocycles. The molecule has 1 aliphatic heterocycles. The number of carboxylic acid groups (broad SMARTS) is 1. The molecule has 138 valence electrons. The molecule has 0 amide bonds. The van der Waals surface area contributed by atoms with Gasteiger partial charge in [-0.15, -0.1) is 0 Å². The molecule has 2 aromatic rings. The highest BCUT2D eigenvalue weighted by molar-refractivity contribution is 5.70. The van der Waals surface area contributed by atoms with E-state index >= 15 is 0 Å². The quantitative estimate of drug-likeness (QED) is 0.841. The molecule has 2 unspecified atom stereocenters. The Labute approximate surface area is 155 Å². The first kappa shape index (κ1) is 18.5. The number of carbonyl (C=O) groups is 1. The highest BCUT2D eigenvalue weighted by atomic mass is 16.5. The molecule has 0 bridgehead atoms. The summed E-state index contributed by atoms with van der Waals surface area (Å²) in [4.78, 5) is 13.8. The van der Waals surface area contributed by atoms with Crippen molar-refractivity contribution in [1.82, 2.24) is 4.90 Å². The maximum absolute atomic E-state index is 11.5. The van der Waals surface area contributed by atoms with Crippen molar-refractivity contribution < 1.29 is 14.6 Å². The van der Waals surface area contributed by atoms with Crippen LogP contribution in [0.3, 0.4) is 0 Å². The van der Waals surface area contributed by atoms with Gasteiger partial charge in [0.25, 0.3) is 0 Å². The van der Waals surface area contributed by atoms with Crippen molar-refractivity contribution in [3.63, 3.8) is 0 Å². The van der Waals surface area contributed by atoms with Crippen LogP contribution in [-0.2, 0) is 17.8 Å². The minimum Gasteiger partial charge on any atom is -0.497 e. The van der Waals surface area contributed by atoms with Crippen molar-refractivity contribution in [2.24, 2.45) is 5.92 Å². The zero-order chi connectivity index (χ0) is 18.5. The summed E-state index contributed by atoms with van der Waals surface area (Å²) in [5, 5.41) is 9.47. The molecular formula is C22H27NO3. The van der Waals surface area contributed by atoms with Crippen molar-refractivity contribution in [3.8, 4) is 5.75 Å². The molecule has 4 nitrogen and oxygen atoms in total. The van der Waals surface area contributed by atoms with Gasteiger partial charge in [-0.25, -0.2) is 0 Å². The topological polar surface area (TPSA) is 49.8 Å². The van der Waals surface area contributed by atoms with Gasteiger partial charge in [0, 0.05) is 19.1 Å². The molecule has 26 heavy (non-hydrogen) atoms. The largest absolute Gasteiger partial charge is 0.497 e. The minimum atomic E-state index is -0.690. The predicted molar refractivity (Wildman–Crippen MR) is 102 cm³/mol. The van der Waals surface area contributed by atoms with Crippen molar-refractivity contribution in [2.75, 3.05) is 13.7 Å². The summed E-state index contributed by atoms with van der Waals surface area (Å²) < 4.78 is 5.23. The van der Waals surface area contributed by atoms with Gasteiger partial charge in [-0.05, 0) is 48.1 Å². The van der Waals surface area contributed by atoms with Crippen molar-refractivity contribution in [1.29, 1.82) is 0 Å². The van der Waals surface area contributed by atoms with Crippen LogP contribution in [0.15, 0.2) is 48.5 Å². The average molecular weight is 353 g/mol. The van der Waals surface area contributed by atoms with Crippen molar-refractivity contribution >= 4 is 5.97 Å². The molecule has 1 fully saturated rings. The summed E-state index contributed by atoms with van der Waals surface area (Å²) >= 11 is 0. The van der Waals surface area contributed by atoms with Crippen LogP contribution in [0.1, 0.15) is 42.5 Å². The van der Waals surface area contributed by atoms with Gasteiger partial charge in [-0.1, -0.05) is 43.3 Å². The zero-order valence-corrected chi connectivity index (χ0v) is 15.5. The highest BCUT2D eigenvalue weighted by Crippen LogP contribution is 2.35. The predicted octanol–water partition coefficient (Wildman–Crippen LogP) is 4.30. The smallest absolute Gasteiger partial charge is 0.307 e. The Morgan fingerprint density at radius 1 is 1.08 bits per heavy atom. The number of nitrogens with zero attached hydrogens (tertiary/aromatic N) is 1. The third-order valence-corrected chi connectivity index (χ3v) is 5.35. The lowest BCUT2D eigenvalue weighted by Gasteiger charge is -2.39. The minimum absolute atomic E-state index is 0.263. The van der Waals surface area contributed by atoms with Gasteiger partial charge in [0.05, 0.1) is 13.0 Å². The monoisotopic (exact) mass is 353 g/mol. The van der Waals surface area contributed by atoms with Crippen LogP contribution in [0, 0.1) is 5.92 Å². The number of ether oxygens (including phenoxy) is 1. The first-order valence-electron chi connectivity index (χ1n) is 9.29. The number of likely N-dealkylation sites (tertiary alicyclic amines) is 1. The number of rotatable bonds is 6. The fourth-order valence-corrected chi connectivity index (χ4v) is 3.74. The third kappa shape index (κ3) is 4.25. The zero-order valence-electron chi connectivity index (χ0n) is 15.5. The molecule has 1 heterocycles. The molecule has 0 aromatic heterocycles. The number of hydrogen-bond donors (Lipinski definition) is 1. The lowest BCUT2D eigenvalue weighted by Crippen LogP contribution is -2.40. The normalized spacial score (nSPS) is 20.7. The van der Waals surface area contributed by atoms with E-state index in [2.05, 4.69) is 48.2 Å². The first-order valence-corrected chi connectivity index (χ1v) is 9.29. The maximum atomic E-state index is 11.5. The van der Waals surface area contributed by atoms with Crippen LogP contribution < -0.4 is 4.74 Å². The van der Waals surface area contributed by atoms with E-state index in [1.807, 2.05) is 12.1 Å². The van der Waals surface area contributed by atoms with E-state index in [1.54, 1.807) is 7.11 Å². The summed E-state index contributed by atoms with van der Waals surface area (Å²) in [6, 6.07) is 17.1. The Balaban J connectivity index is 1.81. The Bertz CT molecular complexity index is 724. The maximum Gasteiger partial charge on any atom is 0.307 e. The molecular weight excluding hydrogens is 326 g/mol. The molecule has 3 rings (SSSR count). The SMILES string of the molecule is CCc1ccc(C2CCC(C(=O)O)CN2Cc2ccc(OC)cc2)cc1. The van der Waals surface area contributed by atoms with E-state index < -0.39 is 5.97 Å². The summed E-state index contributed by atoms with van der Waals surface area (Å²) in [5.74, 6) is -0.147. The standard InChI is InChI=1S/C22H27NO3/c1-3-16-4-8-18(9-5-16)21-13-10-19(22(24)25)15-23(21)14-17-6-11-20(26-2)12-7-17/h4-9,11-12,19,21H,3,10,13-15H2,1-2H3,(H,24,25). The van der Waals surface area contributed by atoms with Crippen LogP contribution >= 0.6 is 0 Å². The molecule has 2 aromatic carbocycles. The lowest BCUT2D eigenvalue weighted by atomic mass is 9.88. The molecule has 0 radical (unpaired) electrons. The molecule has 1 aliphatic rings. The Kier molecular flexibility index (Phi) is 5.94. The van der Waals surface area contributed by atoms with Crippen LogP contribution in [0.4, 0.5) is 0 Å². The Hall–Kier alpha value is -2.33. The number of methoxy groups -OCH3 is 1. The Morgan fingerprint density at radius 2 is 1.73 bits per heavy atom. The lowest BCUT2D eigenvalue weighted by molar-refractivity contribution is -0.144. The van der Waals surface area contributed by atoms with E-state index in [-0.39, 0.29) is 12.0 Å². The van der Waals surface area contributed by atoms with Crippen molar-refractivity contribution in [2.45, 2.75) is 38.8 Å². The van der Waals surface area contributed by atoms with Crippen LogP contribution in [0.25, 0.3) is 0 Å². The second-order valence-electron chi connectivity index (χ2n) is 7.00. The van der Waals surface area contributed by atoms with Gasteiger partial charge in [-0.3, -0.25) is 9.69 Å². The fraction of sp³-hybridized carbons (Fsp3) is 0.409. The van der Waals surface area contributed by atoms with E-state index in [0.717, 1.165) is 31.6 Å². The van der Waals surface area contributed by atoms with Gasteiger partial charge in [0.1, 0.15) is 5.75 Å². The van der Waals surface area contributed by atoms with Crippen LogP contribution in [0.5, 0.6) is 5.75 Å². The van der Waals surface area contributed by atoms with Gasteiger partial charge in [0.15, 0.2) is 0 Å². The molecule has 0 spiro atoms. The Morgan fingerprint density at radius 3 is 2.31 bits per heavy atom. The number of carboxylic acids is 1. The summed E-state index contributed by atoms with van der Waals surface area (Å²) in [7, 11) is 1.66. The number of piperidine rings is 1. The molecule has 1 N–H and O–H groups in total. The van der Waals surface area contributed by atoms with Gasteiger partial charge >= 0.3 is 5.97 Å². The van der Waals surface area contributed by atoms with Crippen LogP contribution in [0.2, 0.25) is 0 Å². The van der Waals surface area contributed by atoms with E-state index in [4.69, 9.17) is 4.74 Å². The number of hydrogen-bond acceptors (Lipinski definition) is 3. The molecule has 1 saturated heterocycles. The summed E-state index contributed by atoms with van der Waals surface area (Å²) in [6.07, 6.45) is 2.63. The summed E-state index contributed by atoms with van der Waals surface area (Å²) in [6.45, 7) is 3.48. The molecule has 4 heteroatoms. The fourth-order valence-electron chi connectivity index (χ4n) is 3.74. The number of aryl methyl sites for hydroxylation is 1. The second kappa shape index (κ2) is 8.37. The second-order valence-corrected chi connectivity index (χ2v) is 7.00. The van der Waals surface area contributed by atoms with Gasteiger partial charge in [-0.2, -0.15) is 0 Å². The average Bonchev–Trinajstić information content (AvgIpc) is 2.68. The van der Waals surface area contributed by atoms with E-state index in [1.165, 1.54) is 16.7 Å². The van der Waals surface area contributed by atoms with Crippen LogP contribution in [-0.4, -0.2) is 29.6 Å². The molecule has 0 saturated carbocycles. The molecule has 2 atom stereocenters. The first-order chi connectivity index (χ1) is 12.6. The summed E-state index contributed by atoms with van der Waals surface area (Å²) in [5.41, 5.74) is 3.78. The number of benzene rings is 2. The van der Waals surface area contributed by atoms with E-state index in [9.17, 15) is 9.90 Å². The van der Waals surface area contributed by atoms with Crippen molar-refractivity contribution in [3.05, 3.63) is 65.2 Å². The van der Waals surface area contributed by atoms with E-state index in [0.29, 0.717) is 6.54 Å². The van der Waals surface area contributed by atoms with Gasteiger partial charge < -0.3 is 9.84 Å². The van der Waals surface area contributed by atoms with Gasteiger partial charge in [0.2, 0.25) is 0 Å².